The van der Waals surface area contributed by atoms with Crippen molar-refractivity contribution in [3.63, 3.8) is 0 Å². The molecule has 3 rings (SSSR count). The molecule has 25 heavy (non-hydrogen) atoms. The van der Waals surface area contributed by atoms with Crippen LogP contribution in [0.3, 0.4) is 0 Å². The van der Waals surface area contributed by atoms with Crippen LogP contribution in [0.5, 0.6) is 0 Å². The molecule has 6 heteroatoms. The molecule has 0 aliphatic carbocycles. The second kappa shape index (κ2) is 7.70. The molecule has 3 aromatic rings. The number of hydrogen-bond acceptors (Lipinski definition) is 4. The van der Waals surface area contributed by atoms with Crippen molar-refractivity contribution in [1.82, 2.24) is 25.5 Å². The Kier molecular flexibility index (Phi) is 5.18. The van der Waals surface area contributed by atoms with Crippen molar-refractivity contribution in [2.45, 2.75) is 26.3 Å². The Bertz CT molecular complexity index is 827. The molecule has 0 saturated carbocycles. The highest BCUT2D eigenvalue weighted by Gasteiger charge is 2.11. The van der Waals surface area contributed by atoms with Gasteiger partial charge in [-0.1, -0.05) is 67.1 Å². The standard InChI is InChI=1S/C19H21N5O/c1-14-8-10-17(11-9-14)19-21-23-24(22-19)13-18(25)20-12-15(2)16-6-4-3-5-7-16/h3-11,15H,12-13H2,1-2H3,(H,20,25)/t15-/m1/s1. The molecule has 0 fully saturated rings. The molecule has 0 saturated heterocycles. The fourth-order valence-electron chi connectivity index (χ4n) is 2.48. The molecule has 1 N–H and O–H groups in total. The lowest BCUT2D eigenvalue weighted by molar-refractivity contribution is -0.122. The summed E-state index contributed by atoms with van der Waals surface area (Å²) in [6.45, 7) is 4.73. The van der Waals surface area contributed by atoms with E-state index < -0.39 is 0 Å². The smallest absolute Gasteiger partial charge is 0.243 e. The first-order valence-electron chi connectivity index (χ1n) is 8.28. The maximum absolute atomic E-state index is 12.1. The summed E-state index contributed by atoms with van der Waals surface area (Å²) in [6.07, 6.45) is 0. The van der Waals surface area contributed by atoms with E-state index in [1.165, 1.54) is 15.9 Å². The van der Waals surface area contributed by atoms with E-state index >= 15 is 0 Å². The van der Waals surface area contributed by atoms with Crippen molar-refractivity contribution in [3.8, 4) is 11.4 Å². The minimum absolute atomic E-state index is 0.0559. The number of hydrogen-bond donors (Lipinski definition) is 1. The van der Waals surface area contributed by atoms with E-state index in [1.54, 1.807) is 0 Å². The lowest BCUT2D eigenvalue weighted by atomic mass is 10.0. The number of carbonyl (C=O) groups excluding carboxylic acids is 1. The average Bonchev–Trinajstić information content (AvgIpc) is 3.09. The highest BCUT2D eigenvalue weighted by atomic mass is 16.2. The van der Waals surface area contributed by atoms with Gasteiger partial charge in [-0.3, -0.25) is 4.79 Å². The number of aryl methyl sites for hydroxylation is 1. The van der Waals surface area contributed by atoms with Gasteiger partial charge in [-0.05, 0) is 23.6 Å². The summed E-state index contributed by atoms with van der Waals surface area (Å²) in [4.78, 5) is 13.4. The van der Waals surface area contributed by atoms with E-state index in [0.29, 0.717) is 12.4 Å². The predicted octanol–water partition coefficient (Wildman–Crippen LogP) is 2.57. The van der Waals surface area contributed by atoms with Crippen LogP contribution < -0.4 is 5.32 Å². The third-order valence-electron chi connectivity index (χ3n) is 4.02. The summed E-state index contributed by atoms with van der Waals surface area (Å²) in [5, 5.41) is 15.2. The molecule has 6 nitrogen and oxygen atoms in total. The Hall–Kier alpha value is -3.02. The van der Waals surface area contributed by atoms with Crippen molar-refractivity contribution < 1.29 is 4.79 Å². The molecule has 128 valence electrons. The first kappa shape index (κ1) is 16.8. The number of nitrogens with zero attached hydrogens (tertiary/aromatic N) is 4. The first-order valence-corrected chi connectivity index (χ1v) is 8.28. The zero-order valence-corrected chi connectivity index (χ0v) is 14.4. The SMILES string of the molecule is Cc1ccc(-c2nnn(CC(=O)NC[C@@H](C)c3ccccc3)n2)cc1. The van der Waals surface area contributed by atoms with Crippen molar-refractivity contribution in [1.29, 1.82) is 0 Å². The van der Waals surface area contributed by atoms with Crippen LogP contribution in [0.25, 0.3) is 11.4 Å². The maximum atomic E-state index is 12.1. The fraction of sp³-hybridized carbons (Fsp3) is 0.263. The number of benzene rings is 2. The van der Waals surface area contributed by atoms with Crippen molar-refractivity contribution in [2.24, 2.45) is 0 Å². The summed E-state index contributed by atoms with van der Waals surface area (Å²) >= 11 is 0. The van der Waals surface area contributed by atoms with Gasteiger partial charge in [0, 0.05) is 12.1 Å². The van der Waals surface area contributed by atoms with Gasteiger partial charge < -0.3 is 5.32 Å². The molecule has 0 spiro atoms. The topological polar surface area (TPSA) is 72.7 Å². The van der Waals surface area contributed by atoms with Gasteiger partial charge in [0.25, 0.3) is 0 Å². The highest BCUT2D eigenvalue weighted by Crippen LogP contribution is 2.14. The van der Waals surface area contributed by atoms with Gasteiger partial charge in [-0.2, -0.15) is 4.80 Å². The summed E-state index contributed by atoms with van der Waals surface area (Å²) < 4.78 is 0. The molecule has 1 atom stereocenters. The second-order valence-electron chi connectivity index (χ2n) is 6.13. The molecular formula is C19H21N5O. The number of rotatable bonds is 6. The molecule has 0 radical (unpaired) electrons. The Morgan fingerprint density at radius 1 is 1.12 bits per heavy atom. The zero-order chi connectivity index (χ0) is 17.6. The van der Waals surface area contributed by atoms with E-state index in [0.717, 1.165) is 5.56 Å². The number of aromatic nitrogens is 4. The van der Waals surface area contributed by atoms with E-state index in [-0.39, 0.29) is 18.4 Å². The van der Waals surface area contributed by atoms with Crippen molar-refractivity contribution >= 4 is 5.91 Å². The fourth-order valence-corrected chi connectivity index (χ4v) is 2.48. The van der Waals surface area contributed by atoms with Crippen molar-refractivity contribution in [3.05, 3.63) is 65.7 Å². The van der Waals surface area contributed by atoms with E-state index in [1.807, 2.05) is 49.4 Å². The van der Waals surface area contributed by atoms with Crippen LogP contribution in [-0.2, 0) is 11.3 Å². The number of carbonyl (C=O) groups is 1. The van der Waals surface area contributed by atoms with E-state index in [2.05, 4.69) is 39.8 Å². The maximum Gasteiger partial charge on any atom is 0.243 e. The molecule has 0 unspecified atom stereocenters. The van der Waals surface area contributed by atoms with Gasteiger partial charge in [0.05, 0.1) is 0 Å². The summed E-state index contributed by atoms with van der Waals surface area (Å²) in [6, 6.07) is 18.0. The number of tetrazole rings is 1. The molecule has 1 heterocycles. The largest absolute Gasteiger partial charge is 0.354 e. The van der Waals surface area contributed by atoms with Gasteiger partial charge in [0.1, 0.15) is 6.54 Å². The Labute approximate surface area is 146 Å². The first-order chi connectivity index (χ1) is 12.1. The summed E-state index contributed by atoms with van der Waals surface area (Å²) in [5.41, 5.74) is 3.25. The molecule has 0 bridgehead atoms. The molecular weight excluding hydrogens is 314 g/mol. The monoisotopic (exact) mass is 335 g/mol. The minimum Gasteiger partial charge on any atom is -0.354 e. The van der Waals surface area contributed by atoms with Crippen LogP contribution in [0.2, 0.25) is 0 Å². The van der Waals surface area contributed by atoms with E-state index in [4.69, 9.17) is 0 Å². The minimum atomic E-state index is -0.129. The Morgan fingerprint density at radius 2 is 1.84 bits per heavy atom. The second-order valence-corrected chi connectivity index (χ2v) is 6.13. The molecule has 2 aromatic carbocycles. The third kappa shape index (κ3) is 4.50. The van der Waals surface area contributed by atoms with Gasteiger partial charge in [-0.15, -0.1) is 10.2 Å². The highest BCUT2D eigenvalue weighted by molar-refractivity contribution is 5.75. The average molecular weight is 335 g/mol. The molecule has 1 amide bonds. The lowest BCUT2D eigenvalue weighted by Crippen LogP contribution is -2.31. The molecule has 0 aliphatic heterocycles. The van der Waals surface area contributed by atoms with Crippen LogP contribution >= 0.6 is 0 Å². The van der Waals surface area contributed by atoms with Crippen LogP contribution in [0, 0.1) is 6.92 Å². The quantitative estimate of drug-likeness (QED) is 0.751. The van der Waals surface area contributed by atoms with E-state index in [9.17, 15) is 4.79 Å². The van der Waals surface area contributed by atoms with Crippen LogP contribution in [0.4, 0.5) is 0 Å². The summed E-state index contributed by atoms with van der Waals surface area (Å²) in [5.74, 6) is 0.637. The van der Waals surface area contributed by atoms with Gasteiger partial charge in [0.15, 0.2) is 0 Å². The van der Waals surface area contributed by atoms with Gasteiger partial charge in [0.2, 0.25) is 11.7 Å². The van der Waals surface area contributed by atoms with Crippen LogP contribution in [0.15, 0.2) is 54.6 Å². The lowest BCUT2D eigenvalue weighted by Gasteiger charge is -2.12. The predicted molar refractivity (Wildman–Crippen MR) is 95.9 cm³/mol. The Morgan fingerprint density at radius 3 is 2.56 bits per heavy atom. The van der Waals surface area contributed by atoms with Crippen LogP contribution in [0.1, 0.15) is 24.0 Å². The Balaban J connectivity index is 1.54. The molecule has 0 aliphatic rings. The molecule has 1 aromatic heterocycles. The third-order valence-corrected chi connectivity index (χ3v) is 4.02. The normalized spacial score (nSPS) is 11.9. The number of nitrogens with one attached hydrogen (secondary N) is 1. The van der Waals surface area contributed by atoms with Gasteiger partial charge in [-0.25, -0.2) is 0 Å². The van der Waals surface area contributed by atoms with Crippen molar-refractivity contribution in [2.75, 3.05) is 6.54 Å². The van der Waals surface area contributed by atoms with Crippen LogP contribution in [-0.4, -0.2) is 32.7 Å². The number of amides is 1. The zero-order valence-electron chi connectivity index (χ0n) is 14.4. The van der Waals surface area contributed by atoms with Gasteiger partial charge >= 0.3 is 0 Å². The summed E-state index contributed by atoms with van der Waals surface area (Å²) in [7, 11) is 0.